The number of hydrogen-bond donors (Lipinski definition) is 3. The summed E-state index contributed by atoms with van der Waals surface area (Å²) >= 11 is 0. The van der Waals surface area contributed by atoms with Crippen LogP contribution in [0.1, 0.15) is 31.4 Å². The molecule has 0 saturated carbocycles. The molecule has 160 valence electrons. The van der Waals surface area contributed by atoms with Crippen LogP contribution in [-0.4, -0.2) is 73.5 Å². The Bertz CT molecular complexity index is 690. The van der Waals surface area contributed by atoms with Crippen molar-refractivity contribution in [2.75, 3.05) is 39.8 Å². The van der Waals surface area contributed by atoms with E-state index in [2.05, 4.69) is 63.1 Å². The smallest absolute Gasteiger partial charge is 0.324 e. The highest BCUT2D eigenvalue weighted by Crippen LogP contribution is 2.23. The molecule has 3 rings (SSSR count). The predicted molar refractivity (Wildman–Crippen MR) is 124 cm³/mol. The normalized spacial score (nSPS) is 19.5. The van der Waals surface area contributed by atoms with Crippen LogP contribution in [0.15, 0.2) is 35.3 Å². The molecule has 2 aliphatic heterocycles. The Morgan fingerprint density at radius 2 is 1.93 bits per heavy atom. The monoisotopic (exact) mass is 514 g/mol. The van der Waals surface area contributed by atoms with Gasteiger partial charge in [0.05, 0.1) is 6.54 Å². The highest BCUT2D eigenvalue weighted by molar-refractivity contribution is 14.0. The third kappa shape index (κ3) is 6.30. The van der Waals surface area contributed by atoms with Crippen LogP contribution in [0.2, 0.25) is 0 Å². The fourth-order valence-corrected chi connectivity index (χ4v) is 3.73. The van der Waals surface area contributed by atoms with Crippen molar-refractivity contribution >= 4 is 41.9 Å². The molecule has 1 aromatic carbocycles. The minimum Gasteiger partial charge on any atom is -0.355 e. The second-order valence-electron chi connectivity index (χ2n) is 7.24. The lowest BCUT2D eigenvalue weighted by Crippen LogP contribution is -2.50. The molecule has 1 unspecified atom stereocenters. The van der Waals surface area contributed by atoms with Gasteiger partial charge in [-0.3, -0.25) is 19.6 Å². The summed E-state index contributed by atoms with van der Waals surface area (Å²) in [5, 5.41) is 9.18. The lowest BCUT2D eigenvalue weighted by Gasteiger charge is -2.37. The maximum absolute atomic E-state index is 11.6. The van der Waals surface area contributed by atoms with Gasteiger partial charge in [0.2, 0.25) is 5.91 Å². The van der Waals surface area contributed by atoms with Gasteiger partial charge in [0.1, 0.15) is 0 Å². The largest absolute Gasteiger partial charge is 0.355 e. The number of guanidine groups is 1. The van der Waals surface area contributed by atoms with Crippen molar-refractivity contribution in [2.24, 2.45) is 4.99 Å². The highest BCUT2D eigenvalue weighted by Gasteiger charge is 2.28. The van der Waals surface area contributed by atoms with Crippen molar-refractivity contribution in [2.45, 2.75) is 31.8 Å². The number of nitrogens with zero attached hydrogens (tertiary/aromatic N) is 3. The molecule has 9 heteroatoms. The molecule has 0 bridgehead atoms. The first kappa shape index (κ1) is 23.4. The molecule has 0 radical (unpaired) electrons. The molecular weight excluding hydrogens is 483 g/mol. The SMILES string of the molecule is CN=C(NCCN1C(=O)CNC1=O)NC1CCN(C(C)c2ccccc2)CC1.I. The fourth-order valence-electron chi connectivity index (χ4n) is 3.73. The van der Waals surface area contributed by atoms with E-state index in [0.29, 0.717) is 31.1 Å². The number of benzene rings is 1. The summed E-state index contributed by atoms with van der Waals surface area (Å²) in [4.78, 5) is 31.2. The zero-order valence-electron chi connectivity index (χ0n) is 17.1. The van der Waals surface area contributed by atoms with Crippen molar-refractivity contribution < 1.29 is 9.59 Å². The lowest BCUT2D eigenvalue weighted by atomic mass is 10.0. The van der Waals surface area contributed by atoms with Crippen LogP contribution in [0.25, 0.3) is 0 Å². The Kier molecular flexibility index (Phi) is 9.15. The van der Waals surface area contributed by atoms with Crippen molar-refractivity contribution in [1.82, 2.24) is 25.8 Å². The van der Waals surface area contributed by atoms with Crippen molar-refractivity contribution in [3.05, 3.63) is 35.9 Å². The van der Waals surface area contributed by atoms with E-state index in [9.17, 15) is 9.59 Å². The molecule has 3 amide bonds. The molecule has 2 heterocycles. The number of carbonyl (C=O) groups excluding carboxylic acids is 2. The third-order valence-electron chi connectivity index (χ3n) is 5.49. The van der Waals surface area contributed by atoms with Gasteiger partial charge in [0.25, 0.3) is 0 Å². The number of urea groups is 1. The lowest BCUT2D eigenvalue weighted by molar-refractivity contribution is -0.124. The summed E-state index contributed by atoms with van der Waals surface area (Å²) in [7, 11) is 1.73. The molecule has 1 aromatic rings. The van der Waals surface area contributed by atoms with E-state index in [-0.39, 0.29) is 42.5 Å². The van der Waals surface area contributed by atoms with Gasteiger partial charge < -0.3 is 16.0 Å². The van der Waals surface area contributed by atoms with Crippen LogP contribution in [0.5, 0.6) is 0 Å². The summed E-state index contributed by atoms with van der Waals surface area (Å²) in [5.74, 6) is 0.524. The maximum Gasteiger partial charge on any atom is 0.324 e. The number of nitrogens with one attached hydrogen (secondary N) is 3. The summed E-state index contributed by atoms with van der Waals surface area (Å²) < 4.78 is 0. The quantitative estimate of drug-likeness (QED) is 0.232. The van der Waals surface area contributed by atoms with Crippen molar-refractivity contribution in [1.29, 1.82) is 0 Å². The van der Waals surface area contributed by atoms with Gasteiger partial charge in [-0.05, 0) is 25.3 Å². The maximum atomic E-state index is 11.6. The van der Waals surface area contributed by atoms with E-state index < -0.39 is 0 Å². The Labute approximate surface area is 189 Å². The van der Waals surface area contributed by atoms with Crippen LogP contribution in [-0.2, 0) is 4.79 Å². The highest BCUT2D eigenvalue weighted by atomic mass is 127. The van der Waals surface area contributed by atoms with Gasteiger partial charge in [-0.1, -0.05) is 30.3 Å². The van der Waals surface area contributed by atoms with E-state index >= 15 is 0 Å². The molecule has 8 nitrogen and oxygen atoms in total. The molecule has 0 spiro atoms. The predicted octanol–water partition coefficient (Wildman–Crippen LogP) is 1.55. The molecule has 2 fully saturated rings. The number of halogens is 1. The Morgan fingerprint density at radius 3 is 2.52 bits per heavy atom. The summed E-state index contributed by atoms with van der Waals surface area (Å²) in [5.41, 5.74) is 1.35. The molecule has 3 N–H and O–H groups in total. The van der Waals surface area contributed by atoms with Crippen LogP contribution >= 0.6 is 24.0 Å². The molecule has 0 aliphatic carbocycles. The van der Waals surface area contributed by atoms with E-state index in [1.54, 1.807) is 7.05 Å². The van der Waals surface area contributed by atoms with Crippen LogP contribution in [0.3, 0.4) is 0 Å². The zero-order valence-corrected chi connectivity index (χ0v) is 19.4. The van der Waals surface area contributed by atoms with Crippen LogP contribution < -0.4 is 16.0 Å². The molecule has 29 heavy (non-hydrogen) atoms. The fraction of sp³-hybridized carbons (Fsp3) is 0.550. The molecule has 1 atom stereocenters. The van der Waals surface area contributed by atoms with Crippen molar-refractivity contribution in [3.63, 3.8) is 0 Å². The van der Waals surface area contributed by atoms with Gasteiger partial charge in [0.15, 0.2) is 5.96 Å². The van der Waals surface area contributed by atoms with Gasteiger partial charge in [-0.15, -0.1) is 24.0 Å². The number of rotatable bonds is 6. The van der Waals surface area contributed by atoms with Gasteiger partial charge >= 0.3 is 6.03 Å². The average molecular weight is 514 g/mol. The zero-order chi connectivity index (χ0) is 19.9. The second kappa shape index (κ2) is 11.3. The van der Waals surface area contributed by atoms with Crippen LogP contribution in [0, 0.1) is 0 Å². The van der Waals surface area contributed by atoms with Gasteiger partial charge in [-0.2, -0.15) is 0 Å². The number of carbonyl (C=O) groups is 2. The summed E-state index contributed by atoms with van der Waals surface area (Å²) in [6, 6.07) is 11.1. The van der Waals surface area contributed by atoms with Crippen LogP contribution in [0.4, 0.5) is 4.79 Å². The Balaban J connectivity index is 0.00000300. The molecule has 2 aliphatic rings. The molecule has 2 saturated heterocycles. The first-order valence-corrected chi connectivity index (χ1v) is 9.93. The standard InChI is InChI=1S/C20H30N6O2.HI/c1-15(16-6-4-3-5-7-16)25-11-8-17(9-12-25)24-19(21-2)22-10-13-26-18(27)14-23-20(26)28;/h3-7,15,17H,8-14H2,1-2H3,(H,23,28)(H2,21,22,24);1H. The number of amides is 3. The minimum atomic E-state index is -0.324. The molecular formula is C20H31IN6O2. The third-order valence-corrected chi connectivity index (χ3v) is 5.49. The number of aliphatic imine (C=N–C) groups is 1. The topological polar surface area (TPSA) is 89.1 Å². The van der Waals surface area contributed by atoms with Gasteiger partial charge in [-0.25, -0.2) is 4.79 Å². The average Bonchev–Trinajstić information content (AvgIpc) is 3.05. The first-order chi connectivity index (χ1) is 13.6. The first-order valence-electron chi connectivity index (χ1n) is 9.93. The second-order valence-corrected chi connectivity index (χ2v) is 7.24. The van der Waals surface area contributed by atoms with E-state index in [1.807, 2.05) is 0 Å². The van der Waals surface area contributed by atoms with Gasteiger partial charge in [0, 0.05) is 45.3 Å². The van der Waals surface area contributed by atoms with E-state index in [1.165, 1.54) is 10.5 Å². The number of likely N-dealkylation sites (tertiary alicyclic amines) is 1. The Hall–Kier alpha value is -1.88. The summed E-state index contributed by atoms with van der Waals surface area (Å²) in [6.45, 7) is 5.23. The number of hydrogen-bond acceptors (Lipinski definition) is 4. The summed E-state index contributed by atoms with van der Waals surface area (Å²) in [6.07, 6.45) is 2.09. The van der Waals surface area contributed by atoms with Crippen molar-refractivity contribution in [3.8, 4) is 0 Å². The Morgan fingerprint density at radius 1 is 1.24 bits per heavy atom. The van der Waals surface area contributed by atoms with E-state index in [0.717, 1.165) is 25.9 Å². The minimum absolute atomic E-state index is 0. The van der Waals surface area contributed by atoms with E-state index in [4.69, 9.17) is 0 Å². The number of imide groups is 1. The molecule has 0 aromatic heterocycles. The number of piperidine rings is 1.